The highest BCUT2D eigenvalue weighted by molar-refractivity contribution is 6.34. The Kier molecular flexibility index (Phi) is 8.35. The molecule has 1 N–H and O–H groups in total. The van der Waals surface area contributed by atoms with Crippen LogP contribution in [0.5, 0.6) is 0 Å². The monoisotopic (exact) mass is 603 g/mol. The van der Waals surface area contributed by atoms with Gasteiger partial charge in [0.15, 0.2) is 0 Å². The third-order valence-corrected chi connectivity index (χ3v) is 7.77. The zero-order valence-electron chi connectivity index (χ0n) is 24.3. The largest absolute Gasteiger partial charge is 0.465 e. The lowest BCUT2D eigenvalue weighted by Crippen LogP contribution is -2.49. The molecule has 0 aliphatic carbocycles. The standard InChI is InChI=1S/C31H31ClFN7O3/c1-18(2)25-27(19(9-10-35-25)17-37(3)4)40-29-21(15-23(32)26(36-29)20-7-5-6-8-24(20)33)28(22(16-34)30(40)41)38-11-13-39(14-12-38)31(42)43/h5-10,15,18H,11-14,17H2,1-4H3,(H,42,43). The molecule has 1 aromatic carbocycles. The van der Waals surface area contributed by atoms with Gasteiger partial charge in [0.1, 0.15) is 23.1 Å². The maximum absolute atomic E-state index is 15.0. The molecule has 43 heavy (non-hydrogen) atoms. The van der Waals surface area contributed by atoms with Gasteiger partial charge in [-0.05, 0) is 49.8 Å². The first-order valence-electron chi connectivity index (χ1n) is 13.8. The van der Waals surface area contributed by atoms with Crippen molar-refractivity contribution in [3.05, 3.63) is 80.6 Å². The lowest BCUT2D eigenvalue weighted by molar-refractivity contribution is 0.142. The number of anilines is 1. The van der Waals surface area contributed by atoms with Crippen LogP contribution in [0.1, 0.15) is 36.6 Å². The van der Waals surface area contributed by atoms with Crippen LogP contribution in [0.2, 0.25) is 5.02 Å². The summed E-state index contributed by atoms with van der Waals surface area (Å²) in [6, 6.07) is 11.7. The van der Waals surface area contributed by atoms with Crippen molar-refractivity contribution in [3.63, 3.8) is 0 Å². The summed E-state index contributed by atoms with van der Waals surface area (Å²) in [4.78, 5) is 40.6. The maximum Gasteiger partial charge on any atom is 0.407 e. The van der Waals surface area contributed by atoms with Crippen molar-refractivity contribution in [2.24, 2.45) is 0 Å². The number of carbonyl (C=O) groups is 1. The molecule has 1 aliphatic rings. The van der Waals surface area contributed by atoms with Gasteiger partial charge in [-0.3, -0.25) is 14.3 Å². The fraction of sp³-hybridized carbons (Fsp3) is 0.323. The zero-order valence-corrected chi connectivity index (χ0v) is 25.1. The number of aromatic nitrogens is 3. The third-order valence-electron chi connectivity index (χ3n) is 7.48. The van der Waals surface area contributed by atoms with E-state index in [9.17, 15) is 20.0 Å². The highest BCUT2D eigenvalue weighted by Crippen LogP contribution is 2.38. The smallest absolute Gasteiger partial charge is 0.407 e. The molecule has 0 spiro atoms. The second kappa shape index (κ2) is 12.0. The maximum atomic E-state index is 15.0. The molecular weight excluding hydrogens is 573 g/mol. The topological polar surface area (TPSA) is 119 Å². The second-order valence-electron chi connectivity index (χ2n) is 11.0. The highest BCUT2D eigenvalue weighted by Gasteiger charge is 2.30. The second-order valence-corrected chi connectivity index (χ2v) is 11.4. The number of hydrogen-bond acceptors (Lipinski definition) is 7. The van der Waals surface area contributed by atoms with Crippen LogP contribution in [0.25, 0.3) is 28.0 Å². The van der Waals surface area contributed by atoms with E-state index < -0.39 is 17.5 Å². The van der Waals surface area contributed by atoms with Gasteiger partial charge in [-0.1, -0.05) is 37.6 Å². The Bertz CT molecular complexity index is 1830. The molecule has 4 aromatic rings. The van der Waals surface area contributed by atoms with Gasteiger partial charge in [-0.25, -0.2) is 14.2 Å². The molecular formula is C31H31ClFN7O3. The van der Waals surface area contributed by atoms with E-state index in [1.807, 2.05) is 43.8 Å². The van der Waals surface area contributed by atoms with Crippen molar-refractivity contribution in [2.45, 2.75) is 26.3 Å². The predicted molar refractivity (Wildman–Crippen MR) is 164 cm³/mol. The first-order valence-corrected chi connectivity index (χ1v) is 14.2. The van der Waals surface area contributed by atoms with Crippen LogP contribution in [-0.4, -0.2) is 75.8 Å². The predicted octanol–water partition coefficient (Wildman–Crippen LogP) is 5.10. The fourth-order valence-electron chi connectivity index (χ4n) is 5.53. The Hall–Kier alpha value is -4.53. The van der Waals surface area contributed by atoms with Crippen molar-refractivity contribution in [3.8, 4) is 23.0 Å². The fourth-order valence-corrected chi connectivity index (χ4v) is 5.78. The summed E-state index contributed by atoms with van der Waals surface area (Å²) in [6.07, 6.45) is 0.660. The van der Waals surface area contributed by atoms with Crippen molar-refractivity contribution in [1.82, 2.24) is 24.3 Å². The van der Waals surface area contributed by atoms with Gasteiger partial charge in [0, 0.05) is 49.9 Å². The summed E-state index contributed by atoms with van der Waals surface area (Å²) in [7, 11) is 3.82. The van der Waals surface area contributed by atoms with E-state index in [0.29, 0.717) is 29.0 Å². The summed E-state index contributed by atoms with van der Waals surface area (Å²) >= 11 is 6.78. The Morgan fingerprint density at radius 3 is 2.47 bits per heavy atom. The number of rotatable bonds is 6. The number of nitriles is 1. The molecule has 5 rings (SSSR count). The van der Waals surface area contributed by atoms with Gasteiger partial charge in [-0.2, -0.15) is 5.26 Å². The van der Waals surface area contributed by atoms with E-state index in [1.54, 1.807) is 30.5 Å². The Morgan fingerprint density at radius 2 is 1.86 bits per heavy atom. The minimum absolute atomic E-state index is 0.0910. The van der Waals surface area contributed by atoms with Crippen LogP contribution in [0.15, 0.2) is 47.4 Å². The van der Waals surface area contributed by atoms with Crippen molar-refractivity contribution >= 4 is 34.4 Å². The number of amides is 1. The molecule has 12 heteroatoms. The average Bonchev–Trinajstić information content (AvgIpc) is 2.97. The minimum Gasteiger partial charge on any atom is -0.465 e. The molecule has 4 heterocycles. The normalized spacial score (nSPS) is 13.7. The van der Waals surface area contributed by atoms with Crippen molar-refractivity contribution in [1.29, 1.82) is 5.26 Å². The third kappa shape index (κ3) is 5.51. The average molecular weight is 604 g/mol. The zero-order chi connectivity index (χ0) is 31.0. The van der Waals surface area contributed by atoms with Crippen molar-refractivity contribution < 1.29 is 14.3 Å². The van der Waals surface area contributed by atoms with E-state index >= 15 is 4.39 Å². The molecule has 3 aromatic heterocycles. The number of halogens is 2. The van der Waals surface area contributed by atoms with Crippen LogP contribution >= 0.6 is 11.6 Å². The van der Waals surface area contributed by atoms with E-state index in [0.717, 1.165) is 5.56 Å². The van der Waals surface area contributed by atoms with E-state index in [-0.39, 0.29) is 59.6 Å². The van der Waals surface area contributed by atoms with Gasteiger partial charge in [0.25, 0.3) is 5.56 Å². The van der Waals surface area contributed by atoms with Gasteiger partial charge in [-0.15, -0.1) is 0 Å². The van der Waals surface area contributed by atoms with Crippen LogP contribution in [0, 0.1) is 17.1 Å². The quantitative estimate of drug-likeness (QED) is 0.323. The Balaban J connectivity index is 1.92. The van der Waals surface area contributed by atoms with Gasteiger partial charge in [0.05, 0.1) is 27.8 Å². The molecule has 0 atom stereocenters. The molecule has 0 unspecified atom stereocenters. The summed E-state index contributed by atoms with van der Waals surface area (Å²) in [6.45, 7) is 5.29. The first-order chi connectivity index (χ1) is 20.5. The minimum atomic E-state index is -1.04. The van der Waals surface area contributed by atoms with Gasteiger partial charge < -0.3 is 19.8 Å². The first kappa shape index (κ1) is 29.9. The van der Waals surface area contributed by atoms with E-state index in [4.69, 9.17) is 16.6 Å². The molecule has 1 saturated heterocycles. The summed E-state index contributed by atoms with van der Waals surface area (Å²) in [5.74, 6) is -0.618. The summed E-state index contributed by atoms with van der Waals surface area (Å²) in [5, 5.41) is 20.4. The van der Waals surface area contributed by atoms with Crippen LogP contribution < -0.4 is 10.5 Å². The number of piperazine rings is 1. The molecule has 10 nitrogen and oxygen atoms in total. The van der Waals surface area contributed by atoms with Crippen molar-refractivity contribution in [2.75, 3.05) is 45.2 Å². The molecule has 0 saturated carbocycles. The number of carboxylic acid groups (broad SMARTS) is 1. The van der Waals surface area contributed by atoms with E-state index in [1.165, 1.54) is 15.5 Å². The van der Waals surface area contributed by atoms with Crippen LogP contribution in [0.4, 0.5) is 14.9 Å². The molecule has 0 radical (unpaired) electrons. The van der Waals surface area contributed by atoms with Crippen LogP contribution in [-0.2, 0) is 6.54 Å². The number of nitrogens with zero attached hydrogens (tertiary/aromatic N) is 7. The Labute approximate surface area is 253 Å². The van der Waals surface area contributed by atoms with E-state index in [2.05, 4.69) is 11.1 Å². The molecule has 0 bridgehead atoms. The summed E-state index contributed by atoms with van der Waals surface area (Å²) in [5.41, 5.74) is 2.04. The van der Waals surface area contributed by atoms with Gasteiger partial charge >= 0.3 is 6.09 Å². The highest BCUT2D eigenvalue weighted by atomic mass is 35.5. The van der Waals surface area contributed by atoms with Crippen LogP contribution in [0.3, 0.4) is 0 Å². The molecule has 222 valence electrons. The molecule has 1 aliphatic heterocycles. The number of benzene rings is 1. The molecule has 1 fully saturated rings. The number of hydrogen-bond donors (Lipinski definition) is 1. The molecule has 1 amide bonds. The van der Waals surface area contributed by atoms with Gasteiger partial charge in [0.2, 0.25) is 0 Å². The Morgan fingerprint density at radius 1 is 1.16 bits per heavy atom. The lowest BCUT2D eigenvalue weighted by Gasteiger charge is -2.35. The lowest BCUT2D eigenvalue weighted by atomic mass is 10.0. The number of fused-ring (bicyclic) bond motifs is 1. The summed E-state index contributed by atoms with van der Waals surface area (Å²) < 4.78 is 16.4. The number of pyridine rings is 3. The SMILES string of the molecule is CC(C)c1nccc(CN(C)C)c1-n1c(=O)c(C#N)c(N2CCN(C(=O)O)CC2)c2cc(Cl)c(-c3ccccc3F)nc21.